The van der Waals surface area contributed by atoms with Gasteiger partial charge in [-0.25, -0.2) is 4.39 Å². The second-order valence-electron chi connectivity index (χ2n) is 4.40. The zero-order valence-corrected chi connectivity index (χ0v) is 13.0. The first kappa shape index (κ1) is 16.2. The van der Waals surface area contributed by atoms with E-state index in [9.17, 15) is 9.18 Å². The third-order valence-corrected chi connectivity index (χ3v) is 3.18. The van der Waals surface area contributed by atoms with Crippen molar-refractivity contribution in [2.75, 3.05) is 5.32 Å². The monoisotopic (exact) mass is 337 g/mol. The summed E-state index contributed by atoms with van der Waals surface area (Å²) < 4.78 is 13.4. The molecule has 114 valence electrons. The maximum absolute atomic E-state index is 13.4. The maximum Gasteiger partial charge on any atom is 0.242 e. The molecule has 22 heavy (non-hydrogen) atoms. The highest BCUT2D eigenvalue weighted by Crippen LogP contribution is 2.13. The van der Waals surface area contributed by atoms with E-state index in [-0.39, 0.29) is 11.5 Å². The highest BCUT2D eigenvalue weighted by molar-refractivity contribution is 7.80. The molecule has 1 amide bonds. The molecule has 0 saturated carbocycles. The minimum atomic E-state index is -0.417. The number of carbonyl (C=O) groups excluding carboxylic acids is 1. The van der Waals surface area contributed by atoms with E-state index in [1.807, 2.05) is 0 Å². The Kier molecular flexibility index (Phi) is 5.68. The van der Waals surface area contributed by atoms with Crippen molar-refractivity contribution >= 4 is 40.5 Å². The van der Waals surface area contributed by atoms with Crippen LogP contribution in [0, 0.1) is 5.82 Å². The van der Waals surface area contributed by atoms with E-state index in [4.69, 9.17) is 23.8 Å². The fourth-order valence-electron chi connectivity index (χ4n) is 1.68. The molecule has 0 saturated heterocycles. The van der Waals surface area contributed by atoms with Gasteiger partial charge in [0.1, 0.15) is 5.82 Å². The lowest BCUT2D eigenvalue weighted by molar-refractivity contribution is -0.121. The molecule has 3 N–H and O–H groups in total. The Labute approximate surface area is 137 Å². The largest absolute Gasteiger partial charge is 0.331 e. The zero-order valence-electron chi connectivity index (χ0n) is 11.4. The number of carbonyl (C=O) groups is 1. The summed E-state index contributed by atoms with van der Waals surface area (Å²) in [4.78, 5) is 11.7. The van der Waals surface area contributed by atoms with Crippen LogP contribution in [-0.2, 0) is 11.2 Å². The molecule has 7 heteroatoms. The van der Waals surface area contributed by atoms with Gasteiger partial charge in [0, 0.05) is 10.7 Å². The molecule has 4 nitrogen and oxygen atoms in total. The summed E-state index contributed by atoms with van der Waals surface area (Å²) >= 11 is 10.8. The second kappa shape index (κ2) is 7.72. The van der Waals surface area contributed by atoms with E-state index < -0.39 is 11.7 Å². The average Bonchev–Trinajstić information content (AvgIpc) is 2.50. The van der Waals surface area contributed by atoms with Gasteiger partial charge in [-0.05, 0) is 48.1 Å². The first-order valence-corrected chi connectivity index (χ1v) is 7.18. The van der Waals surface area contributed by atoms with E-state index in [1.165, 1.54) is 6.07 Å². The van der Waals surface area contributed by atoms with Crippen LogP contribution in [-0.4, -0.2) is 11.0 Å². The SMILES string of the molecule is O=C(Cc1ccccc1F)NNC(=S)Nc1ccc(Cl)cc1. The number of hydrogen-bond acceptors (Lipinski definition) is 2. The fraction of sp³-hybridized carbons (Fsp3) is 0.0667. The lowest BCUT2D eigenvalue weighted by Crippen LogP contribution is -2.44. The van der Waals surface area contributed by atoms with Crippen LogP contribution in [0.3, 0.4) is 0 Å². The van der Waals surface area contributed by atoms with Gasteiger partial charge in [0.25, 0.3) is 0 Å². The van der Waals surface area contributed by atoms with Crippen LogP contribution in [0.1, 0.15) is 5.56 Å². The van der Waals surface area contributed by atoms with Gasteiger partial charge in [0.05, 0.1) is 6.42 Å². The number of benzene rings is 2. The van der Waals surface area contributed by atoms with Crippen LogP contribution < -0.4 is 16.2 Å². The van der Waals surface area contributed by atoms with Crippen molar-refractivity contribution in [2.45, 2.75) is 6.42 Å². The normalized spacial score (nSPS) is 9.91. The number of rotatable bonds is 3. The molecule has 0 aromatic heterocycles. The molecular weight excluding hydrogens is 325 g/mol. The van der Waals surface area contributed by atoms with Crippen molar-refractivity contribution in [1.82, 2.24) is 10.9 Å². The van der Waals surface area contributed by atoms with E-state index >= 15 is 0 Å². The lowest BCUT2D eigenvalue weighted by atomic mass is 10.1. The summed E-state index contributed by atoms with van der Waals surface area (Å²) in [6, 6.07) is 13.0. The average molecular weight is 338 g/mol. The summed E-state index contributed by atoms with van der Waals surface area (Å²) in [5.74, 6) is -0.815. The Balaban J connectivity index is 1.79. The summed E-state index contributed by atoms with van der Waals surface area (Å²) in [5.41, 5.74) is 6.00. The maximum atomic E-state index is 13.4. The Morgan fingerprint density at radius 2 is 1.77 bits per heavy atom. The summed E-state index contributed by atoms with van der Waals surface area (Å²) in [6.07, 6.45) is -0.0801. The van der Waals surface area contributed by atoms with Gasteiger partial charge in [-0.3, -0.25) is 15.6 Å². The fourth-order valence-corrected chi connectivity index (χ4v) is 1.98. The third-order valence-electron chi connectivity index (χ3n) is 2.73. The number of hydrazine groups is 1. The first-order chi connectivity index (χ1) is 10.5. The molecule has 0 spiro atoms. The molecule has 0 unspecified atom stereocenters. The van der Waals surface area contributed by atoms with Crippen LogP contribution in [0.25, 0.3) is 0 Å². The number of hydrogen-bond donors (Lipinski definition) is 3. The van der Waals surface area contributed by atoms with Gasteiger partial charge in [-0.1, -0.05) is 29.8 Å². The first-order valence-electron chi connectivity index (χ1n) is 6.39. The van der Waals surface area contributed by atoms with Crippen molar-refractivity contribution < 1.29 is 9.18 Å². The Hall–Kier alpha value is -2.18. The Morgan fingerprint density at radius 3 is 2.45 bits per heavy atom. The van der Waals surface area contributed by atoms with E-state index in [2.05, 4.69) is 16.2 Å². The molecule has 0 heterocycles. The molecule has 0 fully saturated rings. The van der Waals surface area contributed by atoms with E-state index in [0.29, 0.717) is 10.6 Å². The second-order valence-corrected chi connectivity index (χ2v) is 5.25. The van der Waals surface area contributed by atoms with Gasteiger partial charge < -0.3 is 5.32 Å². The number of thiocarbonyl (C=S) groups is 1. The molecule has 0 atom stereocenters. The van der Waals surface area contributed by atoms with Crippen LogP contribution >= 0.6 is 23.8 Å². The summed E-state index contributed by atoms with van der Waals surface area (Å²) in [6.45, 7) is 0. The van der Waals surface area contributed by atoms with E-state index in [1.54, 1.807) is 42.5 Å². The zero-order chi connectivity index (χ0) is 15.9. The summed E-state index contributed by atoms with van der Waals surface area (Å²) in [7, 11) is 0. The molecule has 0 aliphatic rings. The number of nitrogens with one attached hydrogen (secondary N) is 3. The Bertz CT molecular complexity index is 679. The topological polar surface area (TPSA) is 53.2 Å². The molecule has 0 bridgehead atoms. The van der Waals surface area contributed by atoms with Gasteiger partial charge in [-0.15, -0.1) is 0 Å². The molecular formula is C15H13ClFN3OS. The number of anilines is 1. The predicted molar refractivity (Wildman–Crippen MR) is 89.1 cm³/mol. The number of halogens is 2. The van der Waals surface area contributed by atoms with Crippen LogP contribution in [0.4, 0.5) is 10.1 Å². The van der Waals surface area contributed by atoms with Crippen molar-refractivity contribution in [3.8, 4) is 0 Å². The molecule has 2 aromatic carbocycles. The molecule has 0 radical (unpaired) electrons. The van der Waals surface area contributed by atoms with Gasteiger partial charge in [0.2, 0.25) is 5.91 Å². The minimum Gasteiger partial charge on any atom is -0.331 e. The lowest BCUT2D eigenvalue weighted by Gasteiger charge is -2.11. The standard InChI is InChI=1S/C15H13ClFN3OS/c16-11-5-7-12(8-6-11)18-15(22)20-19-14(21)9-10-3-1-2-4-13(10)17/h1-8H,9H2,(H,19,21)(H2,18,20,22). The Morgan fingerprint density at radius 1 is 1.09 bits per heavy atom. The smallest absolute Gasteiger partial charge is 0.242 e. The highest BCUT2D eigenvalue weighted by Gasteiger charge is 2.07. The van der Waals surface area contributed by atoms with Gasteiger partial charge in [-0.2, -0.15) is 0 Å². The van der Waals surface area contributed by atoms with Gasteiger partial charge >= 0.3 is 0 Å². The van der Waals surface area contributed by atoms with Gasteiger partial charge in [0.15, 0.2) is 5.11 Å². The third kappa shape index (κ3) is 4.98. The van der Waals surface area contributed by atoms with Crippen LogP contribution in [0.2, 0.25) is 5.02 Å². The minimum absolute atomic E-state index is 0.0801. The predicted octanol–water partition coefficient (Wildman–Crippen LogP) is 3.04. The van der Waals surface area contributed by atoms with Crippen LogP contribution in [0.5, 0.6) is 0 Å². The number of amides is 1. The van der Waals surface area contributed by atoms with Crippen molar-refractivity contribution in [3.05, 3.63) is 64.9 Å². The highest BCUT2D eigenvalue weighted by atomic mass is 35.5. The van der Waals surface area contributed by atoms with Crippen molar-refractivity contribution in [2.24, 2.45) is 0 Å². The van der Waals surface area contributed by atoms with E-state index in [0.717, 1.165) is 5.69 Å². The quantitative estimate of drug-likeness (QED) is 0.595. The van der Waals surface area contributed by atoms with Crippen molar-refractivity contribution in [3.63, 3.8) is 0 Å². The molecule has 0 aliphatic heterocycles. The summed E-state index contributed by atoms with van der Waals surface area (Å²) in [5, 5.41) is 3.70. The van der Waals surface area contributed by atoms with Crippen LogP contribution in [0.15, 0.2) is 48.5 Å². The molecule has 2 rings (SSSR count). The molecule has 2 aromatic rings. The van der Waals surface area contributed by atoms with Crippen molar-refractivity contribution in [1.29, 1.82) is 0 Å². The molecule has 0 aliphatic carbocycles.